The molecule has 0 aliphatic carbocycles. The molecule has 0 aromatic carbocycles. The first-order valence-corrected chi connectivity index (χ1v) is 10.3. The maximum atomic E-state index is 5.35. The highest BCUT2D eigenvalue weighted by atomic mass is 79.9. The first-order valence-electron chi connectivity index (χ1n) is 9.49. The van der Waals surface area contributed by atoms with Crippen molar-refractivity contribution in [2.45, 2.75) is 46.6 Å². The molecule has 1 unspecified atom stereocenters. The van der Waals surface area contributed by atoms with Crippen LogP contribution in [0, 0.1) is 6.92 Å². The molecule has 2 rings (SSSR count). The SMILES string of the molecule is C=CCN(c1cc(C)c(-c2ccc(CC)nc2CC)nc1Br)C(C)COC. The van der Waals surface area contributed by atoms with Gasteiger partial charge in [-0.25, -0.2) is 4.98 Å². The van der Waals surface area contributed by atoms with Crippen LogP contribution in [0.4, 0.5) is 5.69 Å². The van der Waals surface area contributed by atoms with Crippen molar-refractivity contribution in [1.82, 2.24) is 9.97 Å². The van der Waals surface area contributed by atoms with Crippen LogP contribution in [0.3, 0.4) is 0 Å². The number of methoxy groups -OCH3 is 1. The molecule has 4 nitrogen and oxygen atoms in total. The summed E-state index contributed by atoms with van der Waals surface area (Å²) in [5, 5.41) is 0. The lowest BCUT2D eigenvalue weighted by atomic mass is 10.0. The number of nitrogens with zero attached hydrogens (tertiary/aromatic N) is 3. The number of pyridine rings is 2. The van der Waals surface area contributed by atoms with Gasteiger partial charge in [0.25, 0.3) is 0 Å². The van der Waals surface area contributed by atoms with Crippen LogP contribution < -0.4 is 4.90 Å². The predicted molar refractivity (Wildman–Crippen MR) is 118 cm³/mol. The average molecular weight is 432 g/mol. The Balaban J connectivity index is 2.52. The fourth-order valence-corrected chi connectivity index (χ4v) is 3.78. The third-order valence-corrected chi connectivity index (χ3v) is 5.29. The molecule has 0 amide bonds. The molecular weight excluding hydrogens is 402 g/mol. The van der Waals surface area contributed by atoms with E-state index in [4.69, 9.17) is 14.7 Å². The summed E-state index contributed by atoms with van der Waals surface area (Å²) in [5.41, 5.74) is 6.49. The Labute approximate surface area is 171 Å². The zero-order valence-corrected chi connectivity index (χ0v) is 18.6. The highest BCUT2D eigenvalue weighted by Crippen LogP contribution is 2.33. The Bertz CT molecular complexity index is 791. The topological polar surface area (TPSA) is 38.2 Å². The van der Waals surface area contributed by atoms with Crippen LogP contribution in [0.1, 0.15) is 37.7 Å². The van der Waals surface area contributed by atoms with E-state index in [0.717, 1.165) is 57.9 Å². The summed E-state index contributed by atoms with van der Waals surface area (Å²) in [6, 6.07) is 6.66. The van der Waals surface area contributed by atoms with Gasteiger partial charge < -0.3 is 9.64 Å². The number of anilines is 1. The van der Waals surface area contributed by atoms with Crippen molar-refractivity contribution in [2.75, 3.05) is 25.2 Å². The number of hydrogen-bond donors (Lipinski definition) is 0. The average Bonchev–Trinajstić information content (AvgIpc) is 2.67. The van der Waals surface area contributed by atoms with E-state index in [0.29, 0.717) is 6.61 Å². The van der Waals surface area contributed by atoms with Crippen molar-refractivity contribution in [2.24, 2.45) is 0 Å². The number of halogens is 1. The minimum atomic E-state index is 0.216. The molecule has 0 fully saturated rings. The molecule has 2 aromatic heterocycles. The number of rotatable bonds is 9. The zero-order valence-electron chi connectivity index (χ0n) is 17.1. The Morgan fingerprint density at radius 2 is 2.00 bits per heavy atom. The molecule has 146 valence electrons. The van der Waals surface area contributed by atoms with E-state index < -0.39 is 0 Å². The molecule has 2 heterocycles. The van der Waals surface area contributed by atoms with Gasteiger partial charge in [-0.05, 0) is 66.4 Å². The van der Waals surface area contributed by atoms with Gasteiger partial charge in [0, 0.05) is 36.6 Å². The fraction of sp³-hybridized carbons (Fsp3) is 0.455. The summed E-state index contributed by atoms with van der Waals surface area (Å²) in [4.78, 5) is 12.0. The van der Waals surface area contributed by atoms with Gasteiger partial charge in [-0.1, -0.05) is 19.9 Å². The van der Waals surface area contributed by atoms with Crippen LogP contribution in [-0.4, -0.2) is 36.3 Å². The molecule has 2 aromatic rings. The smallest absolute Gasteiger partial charge is 0.130 e. The highest BCUT2D eigenvalue weighted by Gasteiger charge is 2.20. The number of aryl methyl sites for hydroxylation is 3. The molecular formula is C22H30BrN3O. The predicted octanol–water partition coefficient (Wildman–Crippen LogP) is 5.37. The summed E-state index contributed by atoms with van der Waals surface area (Å²) in [5.74, 6) is 0. The monoisotopic (exact) mass is 431 g/mol. The Morgan fingerprint density at radius 1 is 1.26 bits per heavy atom. The third-order valence-electron chi connectivity index (χ3n) is 4.71. The molecule has 0 saturated carbocycles. The van der Waals surface area contributed by atoms with Gasteiger partial charge in [-0.2, -0.15) is 0 Å². The van der Waals surface area contributed by atoms with E-state index >= 15 is 0 Å². The Morgan fingerprint density at radius 3 is 2.59 bits per heavy atom. The molecule has 0 spiro atoms. The molecule has 0 N–H and O–H groups in total. The fourth-order valence-electron chi connectivity index (χ4n) is 3.27. The molecule has 1 atom stereocenters. The number of aromatic nitrogens is 2. The van der Waals surface area contributed by atoms with Gasteiger partial charge in [0.15, 0.2) is 0 Å². The molecule has 0 radical (unpaired) electrons. The number of ether oxygens (including phenoxy) is 1. The van der Waals surface area contributed by atoms with Gasteiger partial charge in [-0.15, -0.1) is 6.58 Å². The van der Waals surface area contributed by atoms with Crippen molar-refractivity contribution in [3.05, 3.63) is 52.4 Å². The summed E-state index contributed by atoms with van der Waals surface area (Å²) in [6.45, 7) is 13.8. The lowest BCUT2D eigenvalue weighted by molar-refractivity contribution is 0.182. The first kappa shape index (κ1) is 21.6. The highest BCUT2D eigenvalue weighted by molar-refractivity contribution is 9.10. The van der Waals surface area contributed by atoms with Crippen LogP contribution in [-0.2, 0) is 17.6 Å². The van der Waals surface area contributed by atoms with Gasteiger partial charge in [0.2, 0.25) is 0 Å². The van der Waals surface area contributed by atoms with E-state index in [9.17, 15) is 0 Å². The van der Waals surface area contributed by atoms with Crippen molar-refractivity contribution in [1.29, 1.82) is 0 Å². The van der Waals surface area contributed by atoms with E-state index in [1.165, 1.54) is 0 Å². The van der Waals surface area contributed by atoms with Crippen LogP contribution in [0.25, 0.3) is 11.3 Å². The minimum absolute atomic E-state index is 0.216. The molecule has 0 aliphatic rings. The van der Waals surface area contributed by atoms with Crippen molar-refractivity contribution in [3.63, 3.8) is 0 Å². The van der Waals surface area contributed by atoms with Crippen LogP contribution >= 0.6 is 15.9 Å². The van der Waals surface area contributed by atoms with Gasteiger partial charge in [-0.3, -0.25) is 4.98 Å². The normalized spacial score (nSPS) is 12.1. The summed E-state index contributed by atoms with van der Waals surface area (Å²) in [7, 11) is 1.73. The maximum absolute atomic E-state index is 5.35. The standard InChI is InChI=1S/C22H30BrN3O/c1-7-12-26(16(5)14-27-6)20-13-15(4)21(25-22(20)23)18-11-10-17(8-2)24-19(18)9-3/h7,10-11,13,16H,1,8-9,12,14H2,2-6H3. The summed E-state index contributed by atoms with van der Waals surface area (Å²) >= 11 is 3.69. The van der Waals surface area contributed by atoms with Crippen molar-refractivity contribution < 1.29 is 4.74 Å². The third kappa shape index (κ3) is 4.96. The summed E-state index contributed by atoms with van der Waals surface area (Å²) in [6.07, 6.45) is 3.73. The largest absolute Gasteiger partial charge is 0.383 e. The first-order chi connectivity index (χ1) is 13.0. The quantitative estimate of drug-likeness (QED) is 0.395. The maximum Gasteiger partial charge on any atom is 0.130 e. The lowest BCUT2D eigenvalue weighted by Crippen LogP contribution is -2.36. The molecule has 0 saturated heterocycles. The van der Waals surface area contributed by atoms with Gasteiger partial charge >= 0.3 is 0 Å². The molecule has 0 bridgehead atoms. The minimum Gasteiger partial charge on any atom is -0.383 e. The molecule has 27 heavy (non-hydrogen) atoms. The van der Waals surface area contributed by atoms with E-state index in [1.807, 2.05) is 6.08 Å². The second kappa shape index (κ2) is 10.00. The van der Waals surface area contributed by atoms with Gasteiger partial charge in [0.1, 0.15) is 4.60 Å². The zero-order chi connectivity index (χ0) is 20.0. The Kier molecular flexibility index (Phi) is 7.99. The van der Waals surface area contributed by atoms with Crippen LogP contribution in [0.15, 0.2) is 35.5 Å². The second-order valence-electron chi connectivity index (χ2n) is 6.71. The van der Waals surface area contributed by atoms with E-state index in [-0.39, 0.29) is 6.04 Å². The second-order valence-corrected chi connectivity index (χ2v) is 7.46. The van der Waals surface area contributed by atoms with Crippen molar-refractivity contribution >= 4 is 21.6 Å². The lowest BCUT2D eigenvalue weighted by Gasteiger charge is -2.31. The Hall–Kier alpha value is -1.72. The van der Waals surface area contributed by atoms with Crippen LogP contribution in [0.2, 0.25) is 0 Å². The van der Waals surface area contributed by atoms with Gasteiger partial charge in [0.05, 0.1) is 18.0 Å². The molecule has 5 heteroatoms. The summed E-state index contributed by atoms with van der Waals surface area (Å²) < 4.78 is 6.18. The molecule has 0 aliphatic heterocycles. The van der Waals surface area contributed by atoms with E-state index in [1.54, 1.807) is 7.11 Å². The van der Waals surface area contributed by atoms with Crippen LogP contribution in [0.5, 0.6) is 0 Å². The van der Waals surface area contributed by atoms with E-state index in [2.05, 4.69) is 73.3 Å². The van der Waals surface area contributed by atoms with Crippen molar-refractivity contribution in [3.8, 4) is 11.3 Å². The number of hydrogen-bond acceptors (Lipinski definition) is 4.